The molecule has 0 radical (unpaired) electrons. The van der Waals surface area contributed by atoms with Crippen LogP contribution in [0.3, 0.4) is 0 Å². The molecule has 0 aromatic heterocycles. The summed E-state index contributed by atoms with van der Waals surface area (Å²) in [5.74, 6) is -0.428. The fourth-order valence-electron chi connectivity index (χ4n) is 3.50. The number of halogens is 1. The lowest BCUT2D eigenvalue weighted by molar-refractivity contribution is -0.127. The van der Waals surface area contributed by atoms with E-state index in [0.29, 0.717) is 23.8 Å². The SMILES string of the molecule is O=C(C1=CN(c2ccc(Cl)cc2)c2ccccc2S1(=O)=O)N1CCCCC1. The predicted molar refractivity (Wildman–Crippen MR) is 106 cm³/mol. The second-order valence-corrected chi connectivity index (χ2v) is 8.99. The zero-order valence-electron chi connectivity index (χ0n) is 14.6. The van der Waals surface area contributed by atoms with E-state index in [1.54, 1.807) is 58.3 Å². The van der Waals surface area contributed by atoms with Crippen molar-refractivity contribution >= 4 is 38.7 Å². The van der Waals surface area contributed by atoms with Crippen LogP contribution in [0.15, 0.2) is 64.5 Å². The highest BCUT2D eigenvalue weighted by atomic mass is 35.5. The second-order valence-electron chi connectivity index (χ2n) is 6.66. The summed E-state index contributed by atoms with van der Waals surface area (Å²) in [4.78, 5) is 16.4. The average molecular weight is 403 g/mol. The van der Waals surface area contributed by atoms with E-state index < -0.39 is 15.7 Å². The van der Waals surface area contributed by atoms with Crippen LogP contribution in [-0.2, 0) is 14.6 Å². The average Bonchev–Trinajstić information content (AvgIpc) is 2.69. The molecular formula is C20H19ClN2O3S. The number of hydrogen-bond donors (Lipinski definition) is 0. The molecule has 1 amide bonds. The van der Waals surface area contributed by atoms with Gasteiger partial charge in [-0.1, -0.05) is 23.7 Å². The molecule has 0 atom stereocenters. The topological polar surface area (TPSA) is 57.7 Å². The zero-order valence-corrected chi connectivity index (χ0v) is 16.2. The van der Waals surface area contributed by atoms with Gasteiger partial charge in [-0.2, -0.15) is 0 Å². The predicted octanol–water partition coefficient (Wildman–Crippen LogP) is 4.12. The number of rotatable bonds is 2. The summed E-state index contributed by atoms with van der Waals surface area (Å²) in [6.07, 6.45) is 4.31. The van der Waals surface area contributed by atoms with E-state index in [0.717, 1.165) is 24.9 Å². The van der Waals surface area contributed by atoms with Crippen molar-refractivity contribution in [2.24, 2.45) is 0 Å². The van der Waals surface area contributed by atoms with Crippen molar-refractivity contribution in [2.45, 2.75) is 24.2 Å². The number of anilines is 2. The number of benzene rings is 2. The van der Waals surface area contributed by atoms with Crippen molar-refractivity contribution in [2.75, 3.05) is 18.0 Å². The summed E-state index contributed by atoms with van der Waals surface area (Å²) in [5.41, 5.74) is 1.26. The first kappa shape index (κ1) is 18.1. The smallest absolute Gasteiger partial charge is 0.267 e. The molecule has 0 spiro atoms. The molecule has 0 N–H and O–H groups in total. The highest BCUT2D eigenvalue weighted by Crippen LogP contribution is 2.40. The van der Waals surface area contributed by atoms with Crippen molar-refractivity contribution in [3.63, 3.8) is 0 Å². The maximum Gasteiger partial charge on any atom is 0.267 e. The minimum absolute atomic E-state index is 0.141. The van der Waals surface area contributed by atoms with Gasteiger partial charge in [0.2, 0.25) is 9.84 Å². The summed E-state index contributed by atoms with van der Waals surface area (Å²) in [5, 5.41) is 0.588. The van der Waals surface area contributed by atoms with Gasteiger partial charge in [-0.15, -0.1) is 0 Å². The molecule has 4 rings (SSSR count). The fraction of sp³-hybridized carbons (Fsp3) is 0.250. The van der Waals surface area contributed by atoms with Crippen molar-refractivity contribution < 1.29 is 13.2 Å². The van der Waals surface area contributed by atoms with Crippen LogP contribution in [0, 0.1) is 0 Å². The van der Waals surface area contributed by atoms with Gasteiger partial charge in [-0.3, -0.25) is 4.79 Å². The number of sulfone groups is 1. The van der Waals surface area contributed by atoms with E-state index in [2.05, 4.69) is 0 Å². The van der Waals surface area contributed by atoms with E-state index in [1.165, 1.54) is 6.20 Å². The molecule has 2 aliphatic rings. The summed E-state index contributed by atoms with van der Waals surface area (Å²) < 4.78 is 26.3. The fourth-order valence-corrected chi connectivity index (χ4v) is 5.16. The molecule has 0 aliphatic carbocycles. The molecule has 5 nitrogen and oxygen atoms in total. The molecule has 7 heteroatoms. The van der Waals surface area contributed by atoms with E-state index in [4.69, 9.17) is 11.6 Å². The molecule has 2 heterocycles. The van der Waals surface area contributed by atoms with E-state index in [1.807, 2.05) is 0 Å². The Morgan fingerprint density at radius 2 is 1.59 bits per heavy atom. The number of nitrogens with zero attached hydrogens (tertiary/aromatic N) is 2. The normalized spacial score (nSPS) is 18.6. The van der Waals surface area contributed by atoms with Crippen LogP contribution < -0.4 is 4.90 Å². The highest BCUT2D eigenvalue weighted by Gasteiger charge is 2.37. The number of amides is 1. The van der Waals surface area contributed by atoms with Gasteiger partial charge in [0, 0.05) is 30.0 Å². The number of carbonyl (C=O) groups is 1. The summed E-state index contributed by atoms with van der Waals surface area (Å²) in [6.45, 7) is 1.18. The Morgan fingerprint density at radius 3 is 2.30 bits per heavy atom. The third kappa shape index (κ3) is 3.24. The lowest BCUT2D eigenvalue weighted by Gasteiger charge is -2.32. The van der Waals surface area contributed by atoms with Crippen LogP contribution >= 0.6 is 11.6 Å². The van der Waals surface area contributed by atoms with Crippen LogP contribution in [0.25, 0.3) is 0 Å². The van der Waals surface area contributed by atoms with Crippen molar-refractivity contribution in [3.05, 3.63) is 64.7 Å². The molecule has 2 aromatic rings. The molecule has 1 saturated heterocycles. The molecule has 0 bridgehead atoms. The Labute approximate surface area is 163 Å². The van der Waals surface area contributed by atoms with Crippen molar-refractivity contribution in [1.29, 1.82) is 0 Å². The minimum Gasteiger partial charge on any atom is -0.338 e. The molecule has 1 fully saturated rings. The number of likely N-dealkylation sites (tertiary alicyclic amines) is 1. The Balaban J connectivity index is 1.84. The molecule has 140 valence electrons. The first-order valence-electron chi connectivity index (χ1n) is 8.88. The number of hydrogen-bond acceptors (Lipinski definition) is 4. The molecule has 27 heavy (non-hydrogen) atoms. The van der Waals surface area contributed by atoms with Crippen molar-refractivity contribution in [1.82, 2.24) is 4.90 Å². The van der Waals surface area contributed by atoms with Gasteiger partial charge in [0.1, 0.15) is 0 Å². The maximum atomic E-state index is 13.2. The van der Waals surface area contributed by atoms with E-state index in [9.17, 15) is 13.2 Å². The number of carbonyl (C=O) groups excluding carboxylic acids is 1. The Hall–Kier alpha value is -2.31. The number of para-hydroxylation sites is 1. The second kappa shape index (κ2) is 7.02. The van der Waals surface area contributed by atoms with Gasteiger partial charge in [-0.25, -0.2) is 8.42 Å². The quantitative estimate of drug-likeness (QED) is 0.758. The van der Waals surface area contributed by atoms with Crippen LogP contribution in [0.5, 0.6) is 0 Å². The van der Waals surface area contributed by atoms with Crippen LogP contribution in [0.1, 0.15) is 19.3 Å². The largest absolute Gasteiger partial charge is 0.338 e. The monoisotopic (exact) mass is 402 g/mol. The number of piperidine rings is 1. The van der Waals surface area contributed by atoms with Crippen molar-refractivity contribution in [3.8, 4) is 0 Å². The summed E-state index contributed by atoms with van der Waals surface area (Å²) in [7, 11) is -3.88. The standard InChI is InChI=1S/C20H19ClN2O3S/c21-15-8-10-16(11-9-15)23-14-19(20(24)22-12-4-1-5-13-22)27(25,26)18-7-3-2-6-17(18)23/h2-3,6-11,14H,1,4-5,12-13H2. The van der Waals surface area contributed by atoms with Gasteiger partial charge in [0.25, 0.3) is 5.91 Å². The van der Waals surface area contributed by atoms with E-state index in [-0.39, 0.29) is 9.80 Å². The Bertz CT molecular complexity index is 1010. The maximum absolute atomic E-state index is 13.2. The van der Waals surface area contributed by atoms with Gasteiger partial charge < -0.3 is 9.80 Å². The highest BCUT2D eigenvalue weighted by molar-refractivity contribution is 7.96. The van der Waals surface area contributed by atoms with Gasteiger partial charge in [-0.05, 0) is 55.7 Å². The third-order valence-corrected chi connectivity index (χ3v) is 6.94. The Kier molecular flexibility index (Phi) is 4.70. The van der Waals surface area contributed by atoms with Gasteiger partial charge in [0.05, 0.1) is 10.6 Å². The lowest BCUT2D eigenvalue weighted by atomic mass is 10.1. The summed E-state index contributed by atoms with van der Waals surface area (Å²) in [6, 6.07) is 13.8. The Morgan fingerprint density at radius 1 is 0.926 bits per heavy atom. The molecule has 0 saturated carbocycles. The molecular weight excluding hydrogens is 384 g/mol. The number of fused-ring (bicyclic) bond motifs is 1. The molecule has 2 aliphatic heterocycles. The lowest BCUT2D eigenvalue weighted by Crippen LogP contribution is -2.39. The van der Waals surface area contributed by atoms with Crippen LogP contribution in [0.2, 0.25) is 5.02 Å². The van der Waals surface area contributed by atoms with Crippen LogP contribution in [0.4, 0.5) is 11.4 Å². The zero-order chi connectivity index (χ0) is 19.0. The summed E-state index contributed by atoms with van der Waals surface area (Å²) >= 11 is 5.99. The molecule has 2 aromatic carbocycles. The minimum atomic E-state index is -3.88. The van der Waals surface area contributed by atoms with Gasteiger partial charge >= 0.3 is 0 Å². The third-order valence-electron chi connectivity index (χ3n) is 4.91. The first-order valence-corrected chi connectivity index (χ1v) is 10.7. The van der Waals surface area contributed by atoms with Gasteiger partial charge in [0.15, 0.2) is 4.91 Å². The first-order chi connectivity index (χ1) is 13.0. The molecule has 0 unspecified atom stereocenters. The van der Waals surface area contributed by atoms with E-state index >= 15 is 0 Å². The van der Waals surface area contributed by atoms with Crippen LogP contribution in [-0.4, -0.2) is 32.3 Å².